The Hall–Kier alpha value is -2.72. The third-order valence-corrected chi connectivity index (χ3v) is 4.91. The summed E-state index contributed by atoms with van der Waals surface area (Å²) >= 11 is 1.46. The number of amides is 1. The molecule has 0 unspecified atom stereocenters. The molecule has 9 nitrogen and oxygen atoms in total. The first-order chi connectivity index (χ1) is 14.0. The summed E-state index contributed by atoms with van der Waals surface area (Å²) in [7, 11) is 1.62. The first-order valence-electron chi connectivity index (χ1n) is 9.12. The van der Waals surface area contributed by atoms with Crippen molar-refractivity contribution in [2.45, 2.75) is 32.0 Å². The Labute approximate surface area is 173 Å². The Bertz CT molecular complexity index is 990. The molecule has 0 aliphatic heterocycles. The van der Waals surface area contributed by atoms with E-state index < -0.39 is 0 Å². The van der Waals surface area contributed by atoms with E-state index in [2.05, 4.69) is 25.4 Å². The largest absolute Gasteiger partial charge is 0.475 e. The predicted molar refractivity (Wildman–Crippen MR) is 109 cm³/mol. The number of rotatable bonds is 9. The summed E-state index contributed by atoms with van der Waals surface area (Å²) in [5.74, 6) is 0.982. The quantitative estimate of drug-likeness (QED) is 0.416. The average molecular weight is 417 g/mol. The minimum atomic E-state index is -0.0945. The van der Waals surface area contributed by atoms with Gasteiger partial charge in [-0.1, -0.05) is 17.8 Å². The maximum Gasteiger partial charge on any atom is 0.253 e. The Kier molecular flexibility index (Phi) is 6.99. The topological polar surface area (TPSA) is 104 Å². The monoisotopic (exact) mass is 416 g/mol. The van der Waals surface area contributed by atoms with Crippen molar-refractivity contribution in [2.24, 2.45) is 0 Å². The summed E-state index contributed by atoms with van der Waals surface area (Å²) in [6, 6.07) is 3.65. The highest BCUT2D eigenvalue weighted by Gasteiger charge is 2.16. The summed E-state index contributed by atoms with van der Waals surface area (Å²) in [5.41, 5.74) is 3.40. The third kappa shape index (κ3) is 5.21. The lowest BCUT2D eigenvalue weighted by Crippen LogP contribution is -2.26. The molecular weight excluding hydrogens is 392 g/mol. The Morgan fingerprint density at radius 2 is 2.07 bits per heavy atom. The van der Waals surface area contributed by atoms with Crippen LogP contribution >= 0.6 is 11.8 Å². The van der Waals surface area contributed by atoms with Crippen LogP contribution in [-0.2, 0) is 22.5 Å². The van der Waals surface area contributed by atoms with Crippen LogP contribution in [-0.4, -0.2) is 57.1 Å². The van der Waals surface area contributed by atoms with Crippen LogP contribution in [0.3, 0.4) is 0 Å². The van der Waals surface area contributed by atoms with E-state index in [0.717, 1.165) is 22.5 Å². The summed E-state index contributed by atoms with van der Waals surface area (Å²) < 4.78 is 12.1. The van der Waals surface area contributed by atoms with Gasteiger partial charge >= 0.3 is 0 Å². The molecule has 0 spiro atoms. The van der Waals surface area contributed by atoms with Gasteiger partial charge in [0.1, 0.15) is 6.61 Å². The zero-order valence-corrected chi connectivity index (χ0v) is 17.7. The Morgan fingerprint density at radius 1 is 1.24 bits per heavy atom. The van der Waals surface area contributed by atoms with Gasteiger partial charge in [0.25, 0.3) is 5.78 Å². The number of nitrogens with one attached hydrogen (secondary N) is 1. The first-order valence-corrected chi connectivity index (χ1v) is 10.3. The lowest BCUT2D eigenvalue weighted by Gasteiger charge is -2.11. The Morgan fingerprint density at radius 3 is 2.76 bits per heavy atom. The molecule has 1 amide bonds. The SMILES string of the molecule is COCCOc1ccc(CNC(=O)Cc2c(C)nc3nc(SC)nn3c2C)cn1. The second-order valence-corrected chi connectivity index (χ2v) is 7.14. The van der Waals surface area contributed by atoms with E-state index in [1.807, 2.05) is 26.2 Å². The number of carbonyl (C=O) groups excluding carboxylic acids is 1. The first kappa shape index (κ1) is 21.0. The fraction of sp³-hybridized carbons (Fsp3) is 0.421. The second kappa shape index (κ2) is 9.66. The number of carbonyl (C=O) groups is 1. The third-order valence-electron chi connectivity index (χ3n) is 4.37. The number of hydrogen-bond donors (Lipinski definition) is 1. The van der Waals surface area contributed by atoms with Gasteiger partial charge in [0.15, 0.2) is 0 Å². The van der Waals surface area contributed by atoms with E-state index in [-0.39, 0.29) is 12.3 Å². The zero-order valence-electron chi connectivity index (χ0n) is 16.9. The van der Waals surface area contributed by atoms with Crippen molar-refractivity contribution in [3.63, 3.8) is 0 Å². The maximum absolute atomic E-state index is 12.5. The fourth-order valence-electron chi connectivity index (χ4n) is 2.79. The van der Waals surface area contributed by atoms with Gasteiger partial charge in [0.05, 0.1) is 13.0 Å². The predicted octanol–water partition coefficient (Wildman–Crippen LogP) is 1.74. The molecule has 0 radical (unpaired) electrons. The second-order valence-electron chi connectivity index (χ2n) is 6.37. The summed E-state index contributed by atoms with van der Waals surface area (Å²) in [6.45, 7) is 5.15. The highest BCUT2D eigenvalue weighted by molar-refractivity contribution is 7.98. The molecular formula is C19H24N6O3S. The van der Waals surface area contributed by atoms with E-state index in [1.54, 1.807) is 23.9 Å². The molecule has 3 rings (SSSR count). The molecule has 154 valence electrons. The van der Waals surface area contributed by atoms with Crippen molar-refractivity contribution >= 4 is 23.4 Å². The van der Waals surface area contributed by atoms with E-state index >= 15 is 0 Å². The van der Waals surface area contributed by atoms with Gasteiger partial charge in [-0.25, -0.2) is 14.5 Å². The molecule has 3 aromatic rings. The molecule has 0 bridgehead atoms. The van der Waals surface area contributed by atoms with Gasteiger partial charge < -0.3 is 14.8 Å². The minimum Gasteiger partial charge on any atom is -0.475 e. The molecule has 0 atom stereocenters. The van der Waals surface area contributed by atoms with Gasteiger partial charge in [-0.05, 0) is 25.7 Å². The highest BCUT2D eigenvalue weighted by Crippen LogP contribution is 2.17. The van der Waals surface area contributed by atoms with E-state index in [9.17, 15) is 4.79 Å². The van der Waals surface area contributed by atoms with Crippen molar-refractivity contribution in [3.05, 3.63) is 40.8 Å². The van der Waals surface area contributed by atoms with Crippen LogP contribution in [0, 0.1) is 13.8 Å². The van der Waals surface area contributed by atoms with Crippen LogP contribution in [0.4, 0.5) is 0 Å². The van der Waals surface area contributed by atoms with E-state index in [0.29, 0.717) is 36.6 Å². The molecule has 10 heteroatoms. The van der Waals surface area contributed by atoms with E-state index in [1.165, 1.54) is 11.8 Å². The molecule has 0 fully saturated rings. The molecule has 3 heterocycles. The van der Waals surface area contributed by atoms with Crippen molar-refractivity contribution in [3.8, 4) is 5.88 Å². The van der Waals surface area contributed by atoms with Crippen LogP contribution < -0.4 is 10.1 Å². The lowest BCUT2D eigenvalue weighted by atomic mass is 10.1. The molecule has 0 aliphatic carbocycles. The minimum absolute atomic E-state index is 0.0945. The smallest absolute Gasteiger partial charge is 0.253 e. The lowest BCUT2D eigenvalue weighted by molar-refractivity contribution is -0.120. The average Bonchev–Trinajstić information content (AvgIpc) is 3.14. The van der Waals surface area contributed by atoms with Gasteiger partial charge in [0, 0.05) is 42.9 Å². The van der Waals surface area contributed by atoms with Crippen molar-refractivity contribution < 1.29 is 14.3 Å². The fourth-order valence-corrected chi connectivity index (χ4v) is 3.12. The number of ether oxygens (including phenoxy) is 2. The number of aryl methyl sites for hydroxylation is 2. The van der Waals surface area contributed by atoms with Gasteiger partial charge in [0.2, 0.25) is 16.9 Å². The Balaban J connectivity index is 1.61. The number of nitrogens with zero attached hydrogens (tertiary/aromatic N) is 5. The molecule has 0 aliphatic rings. The number of aromatic nitrogens is 5. The van der Waals surface area contributed by atoms with E-state index in [4.69, 9.17) is 9.47 Å². The molecule has 29 heavy (non-hydrogen) atoms. The van der Waals surface area contributed by atoms with Crippen LogP contribution in [0.25, 0.3) is 5.78 Å². The van der Waals surface area contributed by atoms with Gasteiger partial charge in [-0.3, -0.25) is 4.79 Å². The van der Waals surface area contributed by atoms with Crippen molar-refractivity contribution in [2.75, 3.05) is 26.6 Å². The standard InChI is InChI=1S/C19H24N6O3S/c1-12-15(13(2)25-18(22-12)23-19(24-25)29-4)9-16(26)20-10-14-5-6-17(21-11-14)28-8-7-27-3/h5-6,11H,7-10H2,1-4H3,(H,20,26). The number of thioether (sulfide) groups is 1. The normalized spacial score (nSPS) is 11.0. The molecule has 3 aromatic heterocycles. The molecule has 0 saturated carbocycles. The zero-order chi connectivity index (χ0) is 20.8. The number of pyridine rings is 1. The van der Waals surface area contributed by atoms with Gasteiger partial charge in [-0.15, -0.1) is 5.10 Å². The van der Waals surface area contributed by atoms with Gasteiger partial charge in [-0.2, -0.15) is 4.98 Å². The van der Waals surface area contributed by atoms with Crippen LogP contribution in [0.15, 0.2) is 23.5 Å². The summed E-state index contributed by atoms with van der Waals surface area (Å²) in [6.07, 6.45) is 3.82. The van der Waals surface area contributed by atoms with Crippen molar-refractivity contribution in [1.29, 1.82) is 0 Å². The van der Waals surface area contributed by atoms with Crippen LogP contribution in [0.1, 0.15) is 22.5 Å². The molecule has 1 N–H and O–H groups in total. The molecule has 0 saturated heterocycles. The number of hydrogen-bond acceptors (Lipinski definition) is 8. The summed E-state index contributed by atoms with van der Waals surface area (Å²) in [5, 5.41) is 7.99. The number of fused-ring (bicyclic) bond motifs is 1. The van der Waals surface area contributed by atoms with Crippen molar-refractivity contribution in [1.82, 2.24) is 29.9 Å². The summed E-state index contributed by atoms with van der Waals surface area (Å²) in [4.78, 5) is 25.5. The molecule has 0 aromatic carbocycles. The van der Waals surface area contributed by atoms with Crippen LogP contribution in [0.5, 0.6) is 5.88 Å². The maximum atomic E-state index is 12.5. The number of methoxy groups -OCH3 is 1. The highest BCUT2D eigenvalue weighted by atomic mass is 32.2. The van der Waals surface area contributed by atoms with Crippen LogP contribution in [0.2, 0.25) is 0 Å².